The molecule has 4 atom stereocenters. The fourth-order valence-electron chi connectivity index (χ4n) is 10.4. The average molecular weight is 1000 g/mol. The molecule has 0 aromatic carbocycles. The summed E-state index contributed by atoms with van der Waals surface area (Å²) in [7, 11) is 0. The maximum absolute atomic E-state index is 12.6. The van der Waals surface area contributed by atoms with Crippen LogP contribution in [0.5, 0.6) is 0 Å². The third kappa shape index (κ3) is 53.4. The topological polar surface area (TPSA) is 110 Å². The maximum Gasteiger partial charge on any atom is 0.249 e. The van der Waals surface area contributed by atoms with Crippen molar-refractivity contribution in [3.8, 4) is 0 Å². The van der Waals surface area contributed by atoms with E-state index >= 15 is 0 Å². The average Bonchev–Trinajstić information content (AvgIpc) is 3.38. The second-order valence-corrected chi connectivity index (χ2v) is 22.5. The molecule has 1 amide bonds. The lowest BCUT2D eigenvalue weighted by Gasteiger charge is -2.27. The molecule has 0 aliphatic rings. The lowest BCUT2D eigenvalue weighted by molar-refractivity contribution is -0.132. The number of amides is 1. The molecular weight excluding hydrogens is 875 g/mol. The number of carbonyl (C=O) groups excluding carboxylic acids is 1. The van der Waals surface area contributed by atoms with Gasteiger partial charge in [0.15, 0.2) is 0 Å². The minimum absolute atomic E-state index is 0.365. The molecule has 0 aliphatic carbocycles. The van der Waals surface area contributed by atoms with Gasteiger partial charge in [0.2, 0.25) is 5.91 Å². The monoisotopic (exact) mass is 1000 g/mol. The maximum atomic E-state index is 12.6. The fourth-order valence-corrected chi connectivity index (χ4v) is 10.4. The van der Waals surface area contributed by atoms with Gasteiger partial charge in [-0.1, -0.05) is 327 Å². The molecule has 5 N–H and O–H groups in total. The van der Waals surface area contributed by atoms with E-state index in [9.17, 15) is 25.2 Å². The molecule has 6 nitrogen and oxygen atoms in total. The summed E-state index contributed by atoms with van der Waals surface area (Å²) in [5.74, 6) is -0.590. The summed E-state index contributed by atoms with van der Waals surface area (Å²) in [6.45, 7) is 4.09. The number of allylic oxidation sites excluding steroid dienone is 4. The van der Waals surface area contributed by atoms with Gasteiger partial charge in [0, 0.05) is 0 Å². The van der Waals surface area contributed by atoms with Gasteiger partial charge in [-0.05, 0) is 51.4 Å². The SMILES string of the molecule is CCCCCCCCCCCCCCCC/C=C/CC/C=C/CCCC(O)C(O)C(CO)NC(=O)C(O)CCCCCCCCCCCCCCCCCCCCCCCCCCCCCCCCCC. The molecule has 0 bridgehead atoms. The zero-order valence-electron chi connectivity index (χ0n) is 48.0. The van der Waals surface area contributed by atoms with Crippen LogP contribution < -0.4 is 5.32 Å². The van der Waals surface area contributed by atoms with Crippen molar-refractivity contribution in [3.63, 3.8) is 0 Å². The summed E-state index contributed by atoms with van der Waals surface area (Å²) in [6.07, 6.45) is 74.3. The molecule has 0 heterocycles. The van der Waals surface area contributed by atoms with Crippen LogP contribution in [0.15, 0.2) is 24.3 Å². The number of hydrogen-bond donors (Lipinski definition) is 5. The Balaban J connectivity index is 3.58. The van der Waals surface area contributed by atoms with E-state index in [-0.39, 0.29) is 0 Å². The van der Waals surface area contributed by atoms with Gasteiger partial charge < -0.3 is 25.7 Å². The number of aliphatic hydroxyl groups excluding tert-OH is 4. The van der Waals surface area contributed by atoms with Crippen molar-refractivity contribution in [2.24, 2.45) is 0 Å². The molecule has 6 heteroatoms. The van der Waals surface area contributed by atoms with Crippen molar-refractivity contribution in [2.45, 2.75) is 379 Å². The first-order valence-corrected chi connectivity index (χ1v) is 32.2. The Kier molecular flexibility index (Phi) is 58.6. The lowest BCUT2D eigenvalue weighted by Crippen LogP contribution is -2.53. The largest absolute Gasteiger partial charge is 0.394 e. The molecule has 0 saturated carbocycles. The van der Waals surface area contributed by atoms with Crippen LogP contribution in [0.1, 0.15) is 354 Å². The van der Waals surface area contributed by atoms with E-state index < -0.39 is 36.9 Å². The number of aliphatic hydroxyl groups is 4. The third-order valence-electron chi connectivity index (χ3n) is 15.4. The minimum Gasteiger partial charge on any atom is -0.394 e. The van der Waals surface area contributed by atoms with Crippen LogP contribution in [-0.2, 0) is 4.79 Å². The quantitative estimate of drug-likeness (QED) is 0.0308. The Morgan fingerprint density at radius 2 is 0.592 bits per heavy atom. The highest BCUT2D eigenvalue weighted by Gasteiger charge is 2.28. The highest BCUT2D eigenvalue weighted by molar-refractivity contribution is 5.80. The summed E-state index contributed by atoms with van der Waals surface area (Å²) in [5, 5.41) is 44.1. The van der Waals surface area contributed by atoms with Gasteiger partial charge in [0.1, 0.15) is 12.2 Å². The van der Waals surface area contributed by atoms with Crippen LogP contribution in [0.3, 0.4) is 0 Å². The zero-order valence-corrected chi connectivity index (χ0v) is 48.0. The van der Waals surface area contributed by atoms with Crippen LogP contribution in [-0.4, -0.2) is 57.3 Å². The molecule has 0 rings (SSSR count). The molecule has 4 unspecified atom stereocenters. The number of carbonyl (C=O) groups is 1. The van der Waals surface area contributed by atoms with Crippen LogP contribution in [0, 0.1) is 0 Å². The van der Waals surface area contributed by atoms with Crippen LogP contribution in [0.25, 0.3) is 0 Å². The first-order chi connectivity index (χ1) is 35.0. The molecule has 0 aromatic rings. The molecule has 71 heavy (non-hydrogen) atoms. The Morgan fingerprint density at radius 1 is 0.338 bits per heavy atom. The van der Waals surface area contributed by atoms with Crippen LogP contribution in [0.4, 0.5) is 0 Å². The molecule has 0 aliphatic heterocycles. The van der Waals surface area contributed by atoms with Crippen LogP contribution in [0.2, 0.25) is 0 Å². The number of rotatable bonds is 60. The van der Waals surface area contributed by atoms with Crippen molar-refractivity contribution in [3.05, 3.63) is 24.3 Å². The van der Waals surface area contributed by atoms with Crippen molar-refractivity contribution < 1.29 is 25.2 Å². The first-order valence-electron chi connectivity index (χ1n) is 32.2. The zero-order chi connectivity index (χ0) is 51.6. The number of unbranched alkanes of at least 4 members (excludes halogenated alkanes) is 47. The molecule has 0 spiro atoms. The highest BCUT2D eigenvalue weighted by Crippen LogP contribution is 2.19. The van der Waals surface area contributed by atoms with E-state index in [0.29, 0.717) is 19.3 Å². The van der Waals surface area contributed by atoms with E-state index in [1.54, 1.807) is 0 Å². The normalized spacial score (nSPS) is 13.7. The van der Waals surface area contributed by atoms with Crippen molar-refractivity contribution in [2.75, 3.05) is 6.61 Å². The summed E-state index contributed by atoms with van der Waals surface area (Å²) < 4.78 is 0. The second kappa shape index (κ2) is 59.7. The Bertz CT molecular complexity index is 1080. The molecule has 0 fully saturated rings. The molecule has 422 valence electrons. The molecular formula is C65H127NO5. The van der Waals surface area contributed by atoms with Crippen molar-refractivity contribution in [1.82, 2.24) is 5.32 Å². The predicted molar refractivity (Wildman–Crippen MR) is 311 cm³/mol. The summed E-state index contributed by atoms with van der Waals surface area (Å²) in [4.78, 5) is 12.6. The summed E-state index contributed by atoms with van der Waals surface area (Å²) >= 11 is 0. The van der Waals surface area contributed by atoms with Crippen LogP contribution >= 0.6 is 0 Å². The minimum atomic E-state index is -1.29. The number of hydrogen-bond acceptors (Lipinski definition) is 5. The van der Waals surface area contributed by atoms with E-state index in [1.807, 2.05) is 0 Å². The third-order valence-corrected chi connectivity index (χ3v) is 15.4. The predicted octanol–water partition coefficient (Wildman–Crippen LogP) is 19.4. The van der Waals surface area contributed by atoms with E-state index in [2.05, 4.69) is 43.5 Å². The summed E-state index contributed by atoms with van der Waals surface area (Å²) in [5.41, 5.74) is 0. The fraction of sp³-hybridized carbons (Fsp3) is 0.923. The molecule has 0 aromatic heterocycles. The van der Waals surface area contributed by atoms with E-state index in [0.717, 1.165) is 38.5 Å². The van der Waals surface area contributed by atoms with Crippen molar-refractivity contribution in [1.29, 1.82) is 0 Å². The smallest absolute Gasteiger partial charge is 0.249 e. The van der Waals surface area contributed by atoms with Gasteiger partial charge in [0.25, 0.3) is 0 Å². The second-order valence-electron chi connectivity index (χ2n) is 22.5. The Hall–Kier alpha value is -1.21. The van der Waals surface area contributed by atoms with Gasteiger partial charge in [-0.3, -0.25) is 4.79 Å². The lowest BCUT2D eigenvalue weighted by atomic mass is 10.00. The Labute approximate surface area is 444 Å². The van der Waals surface area contributed by atoms with Crippen molar-refractivity contribution >= 4 is 5.91 Å². The Morgan fingerprint density at radius 3 is 0.887 bits per heavy atom. The number of nitrogens with one attached hydrogen (secondary N) is 1. The van der Waals surface area contributed by atoms with Gasteiger partial charge in [0.05, 0.1) is 18.8 Å². The molecule has 0 saturated heterocycles. The van der Waals surface area contributed by atoms with E-state index in [4.69, 9.17) is 0 Å². The van der Waals surface area contributed by atoms with Gasteiger partial charge >= 0.3 is 0 Å². The standard InChI is InChI=1S/C65H127NO5/c1-3-5-7-9-11-13-15-17-19-21-23-25-27-28-29-30-31-32-33-34-35-37-39-41-43-45-47-49-51-53-55-57-59-63(69)65(71)66-61(60-67)64(70)62(68)58-56-54-52-50-48-46-44-42-40-38-36-26-24-22-20-18-16-14-12-10-8-6-4-2/h42,44,50,52,61-64,67-70H,3-41,43,45-49,51,53-60H2,1-2H3,(H,66,71)/b44-42+,52-50+. The van der Waals surface area contributed by atoms with Gasteiger partial charge in [-0.2, -0.15) is 0 Å². The molecule has 0 radical (unpaired) electrons. The van der Waals surface area contributed by atoms with E-state index in [1.165, 1.54) is 283 Å². The van der Waals surface area contributed by atoms with Gasteiger partial charge in [-0.15, -0.1) is 0 Å². The first kappa shape index (κ1) is 69.8. The highest BCUT2D eigenvalue weighted by atomic mass is 16.3. The van der Waals surface area contributed by atoms with Gasteiger partial charge in [-0.25, -0.2) is 0 Å². The summed E-state index contributed by atoms with van der Waals surface area (Å²) in [6, 6.07) is -1.01.